The van der Waals surface area contributed by atoms with E-state index in [0.717, 1.165) is 0 Å². The Balaban J connectivity index is 1.95. The highest BCUT2D eigenvalue weighted by Gasteiger charge is 2.19. The zero-order valence-corrected chi connectivity index (χ0v) is 14.4. The Kier molecular flexibility index (Phi) is 6.14. The first-order valence-corrected chi connectivity index (χ1v) is 7.74. The molecule has 25 heavy (non-hydrogen) atoms. The van der Waals surface area contributed by atoms with E-state index in [9.17, 15) is 14.4 Å². The number of benzene rings is 2. The molecule has 0 unspecified atom stereocenters. The van der Waals surface area contributed by atoms with Gasteiger partial charge in [-0.05, 0) is 55.5 Å². The van der Waals surface area contributed by atoms with Gasteiger partial charge in [0, 0.05) is 10.7 Å². The number of nitrogens with one attached hydrogen (secondary N) is 1. The predicted octanol–water partition coefficient (Wildman–Crippen LogP) is 3.31. The van der Waals surface area contributed by atoms with Gasteiger partial charge in [0.2, 0.25) is 0 Å². The lowest BCUT2D eigenvalue weighted by atomic mass is 10.1. The van der Waals surface area contributed by atoms with Crippen LogP contribution in [0, 0.1) is 0 Å². The molecule has 0 aliphatic rings. The number of hydrogen-bond acceptors (Lipinski definition) is 5. The lowest BCUT2D eigenvalue weighted by Crippen LogP contribution is -2.30. The van der Waals surface area contributed by atoms with Crippen LogP contribution in [0.3, 0.4) is 0 Å². The molecule has 0 aliphatic carbocycles. The molecule has 0 saturated heterocycles. The second-order valence-corrected chi connectivity index (χ2v) is 5.55. The summed E-state index contributed by atoms with van der Waals surface area (Å²) >= 11 is 5.78. The van der Waals surface area contributed by atoms with Crippen LogP contribution in [-0.2, 0) is 14.3 Å². The number of methoxy groups -OCH3 is 1. The fourth-order valence-corrected chi connectivity index (χ4v) is 2.05. The van der Waals surface area contributed by atoms with Gasteiger partial charge < -0.3 is 14.8 Å². The molecule has 0 spiro atoms. The smallest absolute Gasteiger partial charge is 0.338 e. The summed E-state index contributed by atoms with van der Waals surface area (Å²) in [7, 11) is 1.27. The molecule has 7 heteroatoms. The highest BCUT2D eigenvalue weighted by Crippen LogP contribution is 2.14. The van der Waals surface area contributed by atoms with Crippen molar-refractivity contribution >= 4 is 35.1 Å². The molecule has 0 heterocycles. The third kappa shape index (κ3) is 5.06. The molecular weight excluding hydrogens is 346 g/mol. The summed E-state index contributed by atoms with van der Waals surface area (Å²) in [6.07, 6.45) is -0.997. The van der Waals surface area contributed by atoms with Crippen LogP contribution in [0.25, 0.3) is 0 Å². The third-order valence-electron chi connectivity index (χ3n) is 3.31. The molecule has 2 aromatic rings. The molecule has 0 aromatic heterocycles. The Labute approximate surface area is 149 Å². The maximum atomic E-state index is 12.1. The van der Waals surface area contributed by atoms with Gasteiger partial charge in [0.25, 0.3) is 5.91 Å². The summed E-state index contributed by atoms with van der Waals surface area (Å²) in [4.78, 5) is 35.5. The number of anilines is 1. The quantitative estimate of drug-likeness (QED) is 0.826. The summed E-state index contributed by atoms with van der Waals surface area (Å²) in [5, 5.41) is 3.17. The second kappa shape index (κ2) is 8.30. The number of carbonyl (C=O) groups is 3. The minimum absolute atomic E-state index is 0.221. The normalized spacial score (nSPS) is 11.3. The van der Waals surface area contributed by atoms with Crippen LogP contribution < -0.4 is 5.32 Å². The lowest BCUT2D eigenvalue weighted by molar-refractivity contribution is -0.123. The first kappa shape index (κ1) is 18.5. The number of halogens is 1. The number of hydrogen-bond donors (Lipinski definition) is 1. The zero-order valence-electron chi connectivity index (χ0n) is 13.6. The summed E-state index contributed by atoms with van der Waals surface area (Å²) in [6.45, 7) is 1.46. The molecule has 6 nitrogen and oxygen atoms in total. The number of esters is 2. The average Bonchev–Trinajstić information content (AvgIpc) is 2.62. The lowest BCUT2D eigenvalue weighted by Gasteiger charge is -2.13. The van der Waals surface area contributed by atoms with E-state index in [1.807, 2.05) is 0 Å². The third-order valence-corrected chi connectivity index (χ3v) is 3.56. The molecule has 1 amide bonds. The van der Waals surface area contributed by atoms with Crippen molar-refractivity contribution < 1.29 is 23.9 Å². The van der Waals surface area contributed by atoms with E-state index in [1.54, 1.807) is 24.3 Å². The molecule has 0 saturated carbocycles. The van der Waals surface area contributed by atoms with E-state index in [0.29, 0.717) is 16.3 Å². The summed E-state index contributed by atoms with van der Waals surface area (Å²) in [5.41, 5.74) is 1.08. The van der Waals surface area contributed by atoms with Gasteiger partial charge in [0.1, 0.15) is 0 Å². The molecule has 0 radical (unpaired) electrons. The number of ether oxygens (including phenoxy) is 2. The molecular formula is C18H16ClNO5. The summed E-state index contributed by atoms with van der Waals surface area (Å²) in [6, 6.07) is 12.3. The van der Waals surface area contributed by atoms with E-state index < -0.39 is 23.9 Å². The first-order chi connectivity index (χ1) is 11.9. The minimum Gasteiger partial charge on any atom is -0.465 e. The minimum atomic E-state index is -0.997. The Morgan fingerprint density at radius 3 is 1.96 bits per heavy atom. The van der Waals surface area contributed by atoms with Crippen molar-refractivity contribution in [2.75, 3.05) is 12.4 Å². The van der Waals surface area contributed by atoms with Crippen molar-refractivity contribution in [1.29, 1.82) is 0 Å². The van der Waals surface area contributed by atoms with Crippen molar-refractivity contribution in [1.82, 2.24) is 0 Å². The number of amides is 1. The van der Waals surface area contributed by atoms with Crippen molar-refractivity contribution in [3.63, 3.8) is 0 Å². The molecule has 130 valence electrons. The monoisotopic (exact) mass is 361 g/mol. The molecule has 2 aromatic carbocycles. The summed E-state index contributed by atoms with van der Waals surface area (Å²) in [5.74, 6) is -1.65. The Hall–Kier alpha value is -2.86. The molecule has 0 fully saturated rings. The number of rotatable bonds is 5. The van der Waals surface area contributed by atoms with E-state index in [-0.39, 0.29) is 5.56 Å². The molecule has 0 bridgehead atoms. The molecule has 0 aliphatic heterocycles. The van der Waals surface area contributed by atoms with Crippen LogP contribution >= 0.6 is 11.6 Å². The van der Waals surface area contributed by atoms with E-state index in [2.05, 4.69) is 10.1 Å². The highest BCUT2D eigenvalue weighted by molar-refractivity contribution is 6.30. The van der Waals surface area contributed by atoms with Crippen molar-refractivity contribution in [3.05, 3.63) is 64.7 Å². The predicted molar refractivity (Wildman–Crippen MR) is 92.7 cm³/mol. The van der Waals surface area contributed by atoms with Gasteiger partial charge in [-0.15, -0.1) is 0 Å². The van der Waals surface area contributed by atoms with Gasteiger partial charge in [-0.3, -0.25) is 4.79 Å². The Morgan fingerprint density at radius 2 is 1.44 bits per heavy atom. The van der Waals surface area contributed by atoms with Crippen LogP contribution in [0.1, 0.15) is 27.6 Å². The van der Waals surface area contributed by atoms with Crippen molar-refractivity contribution in [2.45, 2.75) is 13.0 Å². The molecule has 2 rings (SSSR count). The second-order valence-electron chi connectivity index (χ2n) is 5.11. The van der Waals surface area contributed by atoms with E-state index >= 15 is 0 Å². The standard InChI is InChI=1S/C18H16ClNO5/c1-11(16(21)20-15-9-7-14(19)8-10-15)25-18(23)13-5-3-12(4-6-13)17(22)24-2/h3-11H,1-2H3,(H,20,21)/t11-/m1/s1. The van der Waals surface area contributed by atoms with E-state index in [4.69, 9.17) is 16.3 Å². The van der Waals surface area contributed by atoms with Gasteiger partial charge in [0.15, 0.2) is 6.10 Å². The largest absolute Gasteiger partial charge is 0.465 e. The van der Waals surface area contributed by atoms with Gasteiger partial charge >= 0.3 is 11.9 Å². The SMILES string of the molecule is COC(=O)c1ccc(C(=O)O[C@H](C)C(=O)Nc2ccc(Cl)cc2)cc1. The zero-order chi connectivity index (χ0) is 18.4. The first-order valence-electron chi connectivity index (χ1n) is 7.36. The maximum absolute atomic E-state index is 12.1. The van der Waals surface area contributed by atoms with Crippen LogP contribution in [-0.4, -0.2) is 31.1 Å². The van der Waals surface area contributed by atoms with Crippen molar-refractivity contribution in [3.8, 4) is 0 Å². The fourth-order valence-electron chi connectivity index (χ4n) is 1.92. The fraction of sp³-hybridized carbons (Fsp3) is 0.167. The molecule has 1 atom stereocenters. The van der Waals surface area contributed by atoms with Gasteiger partial charge in [-0.1, -0.05) is 11.6 Å². The van der Waals surface area contributed by atoms with Gasteiger partial charge in [0.05, 0.1) is 18.2 Å². The highest BCUT2D eigenvalue weighted by atomic mass is 35.5. The van der Waals surface area contributed by atoms with Crippen LogP contribution in [0.15, 0.2) is 48.5 Å². The Morgan fingerprint density at radius 1 is 0.920 bits per heavy atom. The number of carbonyl (C=O) groups excluding carboxylic acids is 3. The van der Waals surface area contributed by atoms with Crippen LogP contribution in [0.4, 0.5) is 5.69 Å². The van der Waals surface area contributed by atoms with Gasteiger partial charge in [-0.2, -0.15) is 0 Å². The average molecular weight is 362 g/mol. The summed E-state index contributed by atoms with van der Waals surface area (Å²) < 4.78 is 9.71. The topological polar surface area (TPSA) is 81.7 Å². The van der Waals surface area contributed by atoms with Crippen molar-refractivity contribution in [2.24, 2.45) is 0 Å². The van der Waals surface area contributed by atoms with Gasteiger partial charge in [-0.25, -0.2) is 9.59 Å². The van der Waals surface area contributed by atoms with Crippen LogP contribution in [0.2, 0.25) is 5.02 Å². The van der Waals surface area contributed by atoms with Crippen LogP contribution in [0.5, 0.6) is 0 Å². The Bertz CT molecular complexity index is 771. The molecule has 1 N–H and O–H groups in total. The maximum Gasteiger partial charge on any atom is 0.338 e. The van der Waals surface area contributed by atoms with E-state index in [1.165, 1.54) is 38.3 Å².